The number of carbonyl (C=O) groups excluding carboxylic acids is 1. The molecular weight excluding hydrogens is 641 g/mol. The third kappa shape index (κ3) is 7.57. The Balaban J connectivity index is 1.37. The summed E-state index contributed by atoms with van der Waals surface area (Å²) in [5.41, 5.74) is 0.967. The Hall–Kier alpha value is -1.12. The van der Waals surface area contributed by atoms with Gasteiger partial charge in [-0.05, 0) is 35.5 Å². The van der Waals surface area contributed by atoms with Gasteiger partial charge in [0.15, 0.2) is 14.1 Å². The zero-order valence-corrected chi connectivity index (χ0v) is 33.6. The summed E-state index contributed by atoms with van der Waals surface area (Å²) in [6.45, 7) is 25.5. The maximum atomic E-state index is 13.4. The van der Waals surface area contributed by atoms with Gasteiger partial charge < -0.3 is 32.2 Å². The van der Waals surface area contributed by atoms with Crippen molar-refractivity contribution in [2.75, 3.05) is 6.61 Å². The molecule has 9 atom stereocenters. The minimum Gasteiger partial charge on any atom is -0.461 e. The number of carbonyl (C=O) groups is 1. The summed E-state index contributed by atoms with van der Waals surface area (Å²) in [6, 6.07) is 12.9. The molecule has 1 spiro atoms. The van der Waals surface area contributed by atoms with E-state index in [4.69, 9.17) is 32.2 Å². The molecular formula is C38H64O8Si2. The minimum absolute atomic E-state index is 0.0648. The lowest BCUT2D eigenvalue weighted by Gasteiger charge is -2.60. The predicted octanol–water partition coefficient (Wildman–Crippen LogP) is 8.67. The number of fused-ring (bicyclic) bond motifs is 2. The highest BCUT2D eigenvalue weighted by Gasteiger charge is 2.64. The second kappa shape index (κ2) is 14.5. The van der Waals surface area contributed by atoms with Crippen LogP contribution in [0, 0.1) is 11.8 Å². The van der Waals surface area contributed by atoms with E-state index in [0.717, 1.165) is 30.1 Å². The average molecular weight is 705 g/mol. The first kappa shape index (κ1) is 38.1. The Morgan fingerprint density at radius 1 is 0.896 bits per heavy atom. The van der Waals surface area contributed by atoms with Gasteiger partial charge in [-0.15, -0.1) is 0 Å². The van der Waals surface area contributed by atoms with E-state index in [-0.39, 0.29) is 71.4 Å². The molecule has 48 heavy (non-hydrogen) atoms. The molecule has 0 radical (unpaired) electrons. The fraction of sp³-hybridized carbons (Fsp3) is 0.816. The molecule has 5 rings (SSSR count). The Labute approximate surface area is 292 Å². The lowest BCUT2D eigenvalue weighted by atomic mass is 9.78. The molecule has 8 nitrogen and oxygen atoms in total. The number of rotatable bonds is 9. The maximum absolute atomic E-state index is 13.4. The van der Waals surface area contributed by atoms with Crippen LogP contribution in [0.5, 0.6) is 0 Å². The Morgan fingerprint density at radius 3 is 2.12 bits per heavy atom. The van der Waals surface area contributed by atoms with Crippen LogP contribution in [0.25, 0.3) is 0 Å². The number of benzene rings is 1. The second-order valence-electron chi connectivity index (χ2n) is 17.2. The van der Waals surface area contributed by atoms with Gasteiger partial charge in [-0.25, -0.2) is 0 Å². The van der Waals surface area contributed by atoms with Gasteiger partial charge in [0.25, 0.3) is 0 Å². The van der Waals surface area contributed by atoms with Crippen LogP contribution in [-0.2, 0) is 43.6 Å². The lowest BCUT2D eigenvalue weighted by Crippen LogP contribution is -2.69. The Kier molecular flexibility index (Phi) is 11.5. The zero-order valence-electron chi connectivity index (χ0n) is 31.6. The van der Waals surface area contributed by atoms with Crippen LogP contribution in [0.1, 0.15) is 107 Å². The van der Waals surface area contributed by atoms with Crippen LogP contribution >= 0.6 is 0 Å². The van der Waals surface area contributed by atoms with Crippen LogP contribution in [0.3, 0.4) is 0 Å². The maximum Gasteiger partial charge on any atom is 0.349 e. The summed E-state index contributed by atoms with van der Waals surface area (Å²) in [6.07, 6.45) is 1.17. The van der Waals surface area contributed by atoms with Gasteiger partial charge in [-0.1, -0.05) is 106 Å². The van der Waals surface area contributed by atoms with Crippen LogP contribution in [0.4, 0.5) is 0 Å². The van der Waals surface area contributed by atoms with Crippen molar-refractivity contribution in [3.63, 3.8) is 0 Å². The first-order chi connectivity index (χ1) is 22.5. The normalized spacial score (nSPS) is 35.5. The number of hydrogen-bond donors (Lipinski definition) is 0. The summed E-state index contributed by atoms with van der Waals surface area (Å²) in [5.74, 6) is -0.762. The number of hydrogen-bond acceptors (Lipinski definition) is 8. The Morgan fingerprint density at radius 2 is 1.52 bits per heavy atom. The van der Waals surface area contributed by atoms with Crippen LogP contribution in [0.2, 0.25) is 28.2 Å². The third-order valence-corrected chi connectivity index (χ3v) is 21.5. The fourth-order valence-corrected chi connectivity index (χ4v) is 17.2. The molecule has 0 saturated carbocycles. The van der Waals surface area contributed by atoms with Crippen molar-refractivity contribution in [3.8, 4) is 0 Å². The van der Waals surface area contributed by atoms with Crippen molar-refractivity contribution in [1.29, 1.82) is 0 Å². The molecule has 4 aliphatic heterocycles. The molecule has 272 valence electrons. The van der Waals surface area contributed by atoms with Crippen molar-refractivity contribution >= 4 is 22.8 Å². The highest BCUT2D eigenvalue weighted by Crippen LogP contribution is 2.56. The highest BCUT2D eigenvalue weighted by atomic mass is 28.4. The molecule has 10 heteroatoms. The summed E-state index contributed by atoms with van der Waals surface area (Å²) >= 11 is 0. The molecule has 4 heterocycles. The molecule has 1 aromatic rings. The van der Waals surface area contributed by atoms with E-state index in [0.29, 0.717) is 19.4 Å². The molecule has 0 aromatic heterocycles. The van der Waals surface area contributed by atoms with Crippen LogP contribution in [-0.4, -0.2) is 71.9 Å². The number of esters is 1. The number of ether oxygens (including phenoxy) is 4. The van der Waals surface area contributed by atoms with Gasteiger partial charge in [-0.3, -0.25) is 4.79 Å². The second-order valence-corrected chi connectivity index (χ2v) is 26.7. The molecule has 0 bridgehead atoms. The van der Waals surface area contributed by atoms with Crippen molar-refractivity contribution in [1.82, 2.24) is 0 Å². The first-order valence-electron chi connectivity index (χ1n) is 18.7. The summed E-state index contributed by atoms with van der Waals surface area (Å²) in [4.78, 5) is 13.4. The van der Waals surface area contributed by atoms with Gasteiger partial charge in [0.1, 0.15) is 12.7 Å². The van der Waals surface area contributed by atoms with Crippen molar-refractivity contribution in [2.45, 2.75) is 179 Å². The van der Waals surface area contributed by atoms with Gasteiger partial charge in [0.05, 0.1) is 43.5 Å². The van der Waals surface area contributed by atoms with E-state index >= 15 is 0 Å². The first-order valence-corrected chi connectivity index (χ1v) is 23.0. The molecule has 0 amide bonds. The van der Waals surface area contributed by atoms with Gasteiger partial charge >= 0.3 is 14.5 Å². The third-order valence-electron chi connectivity index (χ3n) is 11.7. The zero-order chi connectivity index (χ0) is 35.1. The van der Waals surface area contributed by atoms with E-state index in [1.54, 1.807) is 0 Å². The topological polar surface area (TPSA) is 81.7 Å². The minimum atomic E-state index is -2.66. The van der Waals surface area contributed by atoms with Gasteiger partial charge in [-0.2, -0.15) is 0 Å². The van der Waals surface area contributed by atoms with Crippen LogP contribution < -0.4 is 0 Å². The quantitative estimate of drug-likeness (QED) is 0.187. The van der Waals surface area contributed by atoms with E-state index in [2.05, 4.69) is 76.2 Å². The lowest BCUT2D eigenvalue weighted by molar-refractivity contribution is -0.376. The van der Waals surface area contributed by atoms with E-state index in [1.165, 1.54) is 0 Å². The van der Waals surface area contributed by atoms with Crippen molar-refractivity contribution in [3.05, 3.63) is 35.9 Å². The fourth-order valence-electron chi connectivity index (χ4n) is 9.24. The molecule has 4 fully saturated rings. The summed E-state index contributed by atoms with van der Waals surface area (Å²) in [5, 5.41) is -0.218. The van der Waals surface area contributed by atoms with Crippen LogP contribution in [0.15, 0.2) is 30.3 Å². The van der Waals surface area contributed by atoms with E-state index in [9.17, 15) is 4.79 Å². The van der Waals surface area contributed by atoms with E-state index < -0.39 is 28.8 Å². The standard InChI is InChI=1S/C38H64O8Si2/c1-12-47(13-2,14-3)46-35-27(5)23-38(44-31(35)21-33(39)40-24-28-18-16-15-17-19-28)22-26(4)34-30(43-38)20-29-32(42-34)25-41-48(45-29,36(6,7)8)37(9,10)11/h15-19,26-27,29-32,34-35H,12-14,20-25H2,1-11H3/t26-,27-,29+,30-,31-,32+,34-,35-,38?/m0/s1. The smallest absolute Gasteiger partial charge is 0.349 e. The Bertz CT molecular complexity index is 1210. The predicted molar refractivity (Wildman–Crippen MR) is 192 cm³/mol. The molecule has 0 aliphatic carbocycles. The summed E-state index contributed by atoms with van der Waals surface area (Å²) in [7, 11) is -4.66. The molecule has 4 aliphatic rings. The van der Waals surface area contributed by atoms with Gasteiger partial charge in [0, 0.05) is 29.3 Å². The van der Waals surface area contributed by atoms with Crippen molar-refractivity contribution in [2.24, 2.45) is 11.8 Å². The largest absolute Gasteiger partial charge is 0.461 e. The van der Waals surface area contributed by atoms with E-state index in [1.807, 2.05) is 30.3 Å². The SMILES string of the molecule is CC[Si](CC)(CC)O[C@@H]1[C@H](CC(=O)OCc2ccccc2)OC2(C[C@H](C)[C@@H]3O[C@@H]4CO[Si](C(C)(C)C)(C(C)(C)C)O[C@@H]4C[C@@H]3O2)C[C@@H]1C. The monoisotopic (exact) mass is 704 g/mol. The molecule has 1 unspecified atom stereocenters. The molecule has 4 saturated heterocycles. The van der Waals surface area contributed by atoms with Gasteiger partial charge in [0.2, 0.25) is 0 Å². The molecule has 0 N–H and O–H groups in total. The summed E-state index contributed by atoms with van der Waals surface area (Å²) < 4.78 is 47.8. The highest BCUT2D eigenvalue weighted by molar-refractivity contribution is 6.74. The molecule has 1 aromatic carbocycles. The average Bonchev–Trinajstić information content (AvgIpc) is 3.02. The van der Waals surface area contributed by atoms with Crippen molar-refractivity contribution < 1.29 is 37.0 Å².